The Morgan fingerprint density at radius 1 is 1.37 bits per heavy atom. The molecular weight excluding hydrogens is 286 g/mol. The van der Waals surface area contributed by atoms with E-state index in [4.69, 9.17) is 21.8 Å². The van der Waals surface area contributed by atoms with E-state index >= 15 is 0 Å². The molecule has 1 unspecified atom stereocenters. The van der Waals surface area contributed by atoms with Gasteiger partial charge in [-0.1, -0.05) is 11.6 Å². The van der Waals surface area contributed by atoms with Crippen LogP contribution in [0.25, 0.3) is 0 Å². The van der Waals surface area contributed by atoms with Gasteiger partial charge in [-0.3, -0.25) is 0 Å². The zero-order valence-electron chi connectivity index (χ0n) is 9.28. The van der Waals surface area contributed by atoms with Crippen LogP contribution < -0.4 is 10.6 Å². The van der Waals surface area contributed by atoms with Gasteiger partial charge in [0.15, 0.2) is 11.9 Å². The highest BCUT2D eigenvalue weighted by Crippen LogP contribution is 2.26. The smallest absolute Gasteiger partial charge is 0.334 e. The molecule has 0 saturated carbocycles. The van der Waals surface area contributed by atoms with Crippen LogP contribution >= 0.6 is 11.6 Å². The van der Waals surface area contributed by atoms with Gasteiger partial charge in [0.25, 0.3) is 0 Å². The predicted molar refractivity (Wildman–Crippen MR) is 62.0 cm³/mol. The lowest BCUT2D eigenvalue weighted by atomic mass is 10.3. The summed E-state index contributed by atoms with van der Waals surface area (Å²) in [6.07, 6.45) is -1.79. The molecular formula is C10H9ClF2N2O4. The molecule has 1 rings (SSSR count). The third-order valence-corrected chi connectivity index (χ3v) is 2.28. The molecule has 0 aliphatic rings. The molecule has 0 aliphatic carbocycles. The number of carboxylic acids is 1. The molecule has 0 heterocycles. The molecule has 1 atom stereocenters. The average Bonchev–Trinajstić information content (AvgIpc) is 2.30. The van der Waals surface area contributed by atoms with Crippen LogP contribution in [0.5, 0.6) is 0 Å². The summed E-state index contributed by atoms with van der Waals surface area (Å²) in [6, 6.07) is 0.327. The lowest BCUT2D eigenvalue weighted by molar-refractivity contribution is -0.146. The van der Waals surface area contributed by atoms with E-state index in [-0.39, 0.29) is 5.02 Å². The van der Waals surface area contributed by atoms with Crippen molar-refractivity contribution in [1.82, 2.24) is 5.32 Å². The second-order valence-corrected chi connectivity index (χ2v) is 3.84. The van der Waals surface area contributed by atoms with E-state index in [9.17, 15) is 18.4 Å². The Morgan fingerprint density at radius 2 is 2.00 bits per heavy atom. The van der Waals surface area contributed by atoms with Gasteiger partial charge in [-0.25, -0.2) is 18.4 Å². The second kappa shape index (κ2) is 6.30. The Labute approximate surface area is 111 Å². The molecule has 1 aromatic rings. The molecule has 0 aromatic heterocycles. The molecule has 104 valence electrons. The van der Waals surface area contributed by atoms with Crippen LogP contribution in [0.4, 0.5) is 19.3 Å². The summed E-state index contributed by atoms with van der Waals surface area (Å²) in [5.74, 6) is -3.51. The third-order valence-electron chi connectivity index (χ3n) is 1.99. The average molecular weight is 295 g/mol. The van der Waals surface area contributed by atoms with Crippen molar-refractivity contribution >= 4 is 29.3 Å². The van der Waals surface area contributed by atoms with Gasteiger partial charge in [0.2, 0.25) is 0 Å². The zero-order chi connectivity index (χ0) is 14.6. The molecule has 0 spiro atoms. The summed E-state index contributed by atoms with van der Waals surface area (Å²) in [5, 5.41) is 20.9. The molecule has 0 aliphatic heterocycles. The van der Waals surface area contributed by atoms with E-state index in [2.05, 4.69) is 0 Å². The highest BCUT2D eigenvalue weighted by atomic mass is 35.5. The standard InChI is InChI=1S/C10H9ClF2N2O4/c11-5-1-4(12)2-6(13)8(5)15-10(19)14-3-7(16)9(17)18/h1-2,7,16H,3H2,(H,17,18)(H2,14,15,19). The molecule has 1 aromatic carbocycles. The van der Waals surface area contributed by atoms with E-state index < -0.39 is 42.0 Å². The number of carbonyl (C=O) groups excluding carboxylic acids is 1. The summed E-state index contributed by atoms with van der Waals surface area (Å²) in [5.41, 5.74) is -0.453. The van der Waals surface area contributed by atoms with E-state index in [1.54, 1.807) is 0 Å². The van der Waals surface area contributed by atoms with Gasteiger partial charge in [0.1, 0.15) is 5.82 Å². The minimum Gasteiger partial charge on any atom is -0.479 e. The van der Waals surface area contributed by atoms with Gasteiger partial charge in [-0.2, -0.15) is 0 Å². The Morgan fingerprint density at radius 3 is 2.53 bits per heavy atom. The number of aliphatic hydroxyl groups is 1. The number of aliphatic carboxylic acids is 1. The van der Waals surface area contributed by atoms with Gasteiger partial charge in [0.05, 0.1) is 17.3 Å². The fourth-order valence-corrected chi connectivity index (χ4v) is 1.34. The molecule has 6 nitrogen and oxygen atoms in total. The number of carboxylic acid groups (broad SMARTS) is 1. The Balaban J connectivity index is 2.65. The van der Waals surface area contributed by atoms with Crippen molar-refractivity contribution in [2.24, 2.45) is 0 Å². The van der Waals surface area contributed by atoms with Crippen LogP contribution in [0.1, 0.15) is 0 Å². The molecule has 0 bridgehead atoms. The van der Waals surface area contributed by atoms with Crippen molar-refractivity contribution in [3.05, 3.63) is 28.8 Å². The number of hydrogen-bond acceptors (Lipinski definition) is 3. The number of anilines is 1. The Hall–Kier alpha value is -1.93. The highest BCUT2D eigenvalue weighted by Gasteiger charge is 2.16. The molecule has 9 heteroatoms. The van der Waals surface area contributed by atoms with Crippen LogP contribution in [0.2, 0.25) is 5.02 Å². The van der Waals surface area contributed by atoms with Crippen LogP contribution in [0, 0.1) is 11.6 Å². The number of benzene rings is 1. The number of hydrogen-bond donors (Lipinski definition) is 4. The van der Waals surface area contributed by atoms with Gasteiger partial charge < -0.3 is 20.8 Å². The van der Waals surface area contributed by atoms with Crippen LogP contribution in [-0.4, -0.2) is 34.9 Å². The lowest BCUT2D eigenvalue weighted by Crippen LogP contribution is -2.38. The van der Waals surface area contributed by atoms with Crippen molar-refractivity contribution < 1.29 is 28.6 Å². The first-order chi connectivity index (χ1) is 8.81. The van der Waals surface area contributed by atoms with Gasteiger partial charge in [-0.05, 0) is 6.07 Å². The Kier molecular flexibility index (Phi) is 5.02. The summed E-state index contributed by atoms with van der Waals surface area (Å²) in [4.78, 5) is 21.6. The van der Waals surface area contributed by atoms with Crippen LogP contribution in [0.3, 0.4) is 0 Å². The van der Waals surface area contributed by atoms with Crippen molar-refractivity contribution in [2.75, 3.05) is 11.9 Å². The summed E-state index contributed by atoms with van der Waals surface area (Å²) in [6.45, 7) is -0.582. The first kappa shape index (κ1) is 15.1. The van der Waals surface area contributed by atoms with Gasteiger partial charge in [-0.15, -0.1) is 0 Å². The molecule has 4 N–H and O–H groups in total. The van der Waals surface area contributed by atoms with Crippen molar-refractivity contribution in [2.45, 2.75) is 6.10 Å². The van der Waals surface area contributed by atoms with E-state index in [1.165, 1.54) is 0 Å². The number of halogens is 3. The van der Waals surface area contributed by atoms with Crippen molar-refractivity contribution in [3.63, 3.8) is 0 Å². The van der Waals surface area contributed by atoms with Gasteiger partial charge in [0, 0.05) is 6.07 Å². The molecule has 0 fully saturated rings. The number of aliphatic hydroxyl groups excluding tert-OH is 1. The monoisotopic (exact) mass is 294 g/mol. The van der Waals surface area contributed by atoms with Crippen molar-refractivity contribution in [1.29, 1.82) is 0 Å². The summed E-state index contributed by atoms with van der Waals surface area (Å²) < 4.78 is 26.0. The Bertz CT molecular complexity index is 489. The number of rotatable bonds is 4. The topological polar surface area (TPSA) is 98.7 Å². The number of urea groups is 1. The van der Waals surface area contributed by atoms with Crippen molar-refractivity contribution in [3.8, 4) is 0 Å². The predicted octanol–water partition coefficient (Wildman–Crippen LogP) is 1.19. The largest absolute Gasteiger partial charge is 0.479 e. The maximum atomic E-state index is 13.3. The van der Waals surface area contributed by atoms with Crippen LogP contribution in [0.15, 0.2) is 12.1 Å². The zero-order valence-corrected chi connectivity index (χ0v) is 10.0. The first-order valence-electron chi connectivity index (χ1n) is 4.91. The normalized spacial score (nSPS) is 11.8. The maximum Gasteiger partial charge on any atom is 0.334 e. The highest BCUT2D eigenvalue weighted by molar-refractivity contribution is 6.33. The SMILES string of the molecule is O=C(NCC(O)C(=O)O)Nc1c(F)cc(F)cc1Cl. The summed E-state index contributed by atoms with van der Waals surface area (Å²) in [7, 11) is 0. The van der Waals surface area contributed by atoms with Crippen LogP contribution in [-0.2, 0) is 4.79 Å². The van der Waals surface area contributed by atoms with Gasteiger partial charge >= 0.3 is 12.0 Å². The van der Waals surface area contributed by atoms with E-state index in [0.29, 0.717) is 6.07 Å². The fourth-order valence-electron chi connectivity index (χ4n) is 1.10. The minimum atomic E-state index is -1.79. The summed E-state index contributed by atoms with van der Waals surface area (Å²) >= 11 is 5.53. The number of nitrogens with one attached hydrogen (secondary N) is 2. The van der Waals surface area contributed by atoms with E-state index in [1.807, 2.05) is 10.6 Å². The molecule has 0 radical (unpaired) electrons. The minimum absolute atomic E-state index is 0.355. The first-order valence-corrected chi connectivity index (χ1v) is 5.29. The number of carbonyl (C=O) groups is 2. The molecule has 19 heavy (non-hydrogen) atoms. The number of amides is 2. The van der Waals surface area contributed by atoms with E-state index in [0.717, 1.165) is 6.07 Å². The maximum absolute atomic E-state index is 13.3. The third kappa shape index (κ3) is 4.34. The fraction of sp³-hybridized carbons (Fsp3) is 0.200. The quantitative estimate of drug-likeness (QED) is 0.670. The molecule has 0 saturated heterocycles. The second-order valence-electron chi connectivity index (χ2n) is 3.43. The molecule has 2 amide bonds. The lowest BCUT2D eigenvalue weighted by Gasteiger charge is -2.11.